The Morgan fingerprint density at radius 1 is 1.05 bits per heavy atom. The number of aryl methyl sites for hydroxylation is 4. The maximum Gasteiger partial charge on any atom is 0.194 e. The van der Waals surface area contributed by atoms with Crippen LogP contribution in [0.5, 0.6) is 0 Å². The molecule has 19 heavy (non-hydrogen) atoms. The van der Waals surface area contributed by atoms with Gasteiger partial charge in [-0.05, 0) is 51.9 Å². The smallest absolute Gasteiger partial charge is 0.194 e. The molecule has 0 saturated heterocycles. The van der Waals surface area contributed by atoms with Gasteiger partial charge in [-0.3, -0.25) is 4.68 Å². The molecule has 2 aromatic rings. The third-order valence-electron chi connectivity index (χ3n) is 3.22. The van der Waals surface area contributed by atoms with E-state index in [9.17, 15) is 0 Å². The molecule has 0 atom stereocenters. The summed E-state index contributed by atoms with van der Waals surface area (Å²) >= 11 is 1.48. The third-order valence-corrected chi connectivity index (χ3v) is 4.21. The summed E-state index contributed by atoms with van der Waals surface area (Å²) in [6, 6.07) is 0. The van der Waals surface area contributed by atoms with Gasteiger partial charge in [0.15, 0.2) is 5.16 Å². The maximum atomic E-state index is 6.07. The summed E-state index contributed by atoms with van der Waals surface area (Å²) < 4.78 is 1.89. The molecule has 2 heterocycles. The second kappa shape index (κ2) is 5.21. The standard InChI is InChI=1S/C13H19N5S/c1-6-18-12(11(14)10(5)17-18)19-13-15-8(3)7(2)9(4)16-13/h6,14H2,1-5H3. The van der Waals surface area contributed by atoms with Crippen LogP contribution in [0.25, 0.3) is 0 Å². The first-order chi connectivity index (χ1) is 8.93. The average Bonchev–Trinajstić information content (AvgIpc) is 2.63. The minimum Gasteiger partial charge on any atom is -0.395 e. The molecule has 0 unspecified atom stereocenters. The van der Waals surface area contributed by atoms with Gasteiger partial charge in [-0.25, -0.2) is 9.97 Å². The van der Waals surface area contributed by atoms with E-state index in [-0.39, 0.29) is 0 Å². The topological polar surface area (TPSA) is 69.6 Å². The van der Waals surface area contributed by atoms with Crippen molar-refractivity contribution in [3.05, 3.63) is 22.6 Å². The largest absolute Gasteiger partial charge is 0.395 e. The van der Waals surface area contributed by atoms with Crippen molar-refractivity contribution in [2.24, 2.45) is 0 Å². The molecule has 0 aromatic carbocycles. The van der Waals surface area contributed by atoms with Crippen LogP contribution in [0.4, 0.5) is 5.69 Å². The highest BCUT2D eigenvalue weighted by atomic mass is 32.2. The fraction of sp³-hybridized carbons (Fsp3) is 0.462. The summed E-state index contributed by atoms with van der Waals surface area (Å²) in [5.41, 5.74) is 10.8. The van der Waals surface area contributed by atoms with Crippen molar-refractivity contribution in [1.29, 1.82) is 0 Å². The molecule has 2 rings (SSSR count). The molecule has 0 aliphatic rings. The number of hydrogen-bond acceptors (Lipinski definition) is 5. The van der Waals surface area contributed by atoms with Gasteiger partial charge in [0.1, 0.15) is 5.03 Å². The zero-order valence-corrected chi connectivity index (χ0v) is 12.8. The highest BCUT2D eigenvalue weighted by Crippen LogP contribution is 2.32. The van der Waals surface area contributed by atoms with Gasteiger partial charge in [0, 0.05) is 17.9 Å². The maximum absolute atomic E-state index is 6.07. The van der Waals surface area contributed by atoms with Gasteiger partial charge in [-0.1, -0.05) is 0 Å². The molecule has 2 N–H and O–H groups in total. The Morgan fingerprint density at radius 2 is 1.63 bits per heavy atom. The lowest BCUT2D eigenvalue weighted by Crippen LogP contribution is -2.02. The Balaban J connectivity index is 2.41. The van der Waals surface area contributed by atoms with Gasteiger partial charge in [-0.15, -0.1) is 0 Å². The number of nitrogen functional groups attached to an aromatic ring is 1. The van der Waals surface area contributed by atoms with E-state index in [2.05, 4.69) is 15.1 Å². The average molecular weight is 277 g/mol. The lowest BCUT2D eigenvalue weighted by molar-refractivity contribution is 0.601. The first-order valence-corrected chi connectivity index (χ1v) is 7.08. The van der Waals surface area contributed by atoms with Gasteiger partial charge < -0.3 is 5.73 Å². The zero-order chi connectivity index (χ0) is 14.2. The molecule has 0 fully saturated rings. The summed E-state index contributed by atoms with van der Waals surface area (Å²) in [5, 5.41) is 6.05. The minimum absolute atomic E-state index is 0.714. The van der Waals surface area contributed by atoms with Crippen LogP contribution in [0.2, 0.25) is 0 Å². The summed E-state index contributed by atoms with van der Waals surface area (Å²) in [5.74, 6) is 0. The van der Waals surface area contributed by atoms with Gasteiger partial charge in [0.25, 0.3) is 0 Å². The van der Waals surface area contributed by atoms with Gasteiger partial charge in [-0.2, -0.15) is 5.10 Å². The van der Waals surface area contributed by atoms with Crippen molar-refractivity contribution in [2.75, 3.05) is 5.73 Å². The Bertz CT molecular complexity index is 595. The molecule has 0 aliphatic heterocycles. The van der Waals surface area contributed by atoms with E-state index >= 15 is 0 Å². The van der Waals surface area contributed by atoms with Crippen LogP contribution < -0.4 is 5.73 Å². The molecule has 0 radical (unpaired) electrons. The number of nitrogens with zero attached hydrogens (tertiary/aromatic N) is 4. The van der Waals surface area contributed by atoms with Crippen molar-refractivity contribution in [1.82, 2.24) is 19.7 Å². The van der Waals surface area contributed by atoms with Crippen molar-refractivity contribution in [3.63, 3.8) is 0 Å². The van der Waals surface area contributed by atoms with Crippen molar-refractivity contribution < 1.29 is 0 Å². The molecule has 5 nitrogen and oxygen atoms in total. The van der Waals surface area contributed by atoms with Crippen molar-refractivity contribution in [3.8, 4) is 0 Å². The fourth-order valence-electron chi connectivity index (χ4n) is 1.77. The second-order valence-electron chi connectivity index (χ2n) is 4.52. The molecule has 0 saturated carbocycles. The molecule has 2 aromatic heterocycles. The first-order valence-electron chi connectivity index (χ1n) is 6.26. The SMILES string of the molecule is CCn1nc(C)c(N)c1Sc1nc(C)c(C)c(C)n1. The van der Waals surface area contributed by atoms with Crippen LogP contribution in [0.1, 0.15) is 29.6 Å². The van der Waals surface area contributed by atoms with E-state index in [1.165, 1.54) is 11.8 Å². The molecule has 102 valence electrons. The van der Waals surface area contributed by atoms with Crippen LogP contribution in [-0.4, -0.2) is 19.7 Å². The van der Waals surface area contributed by atoms with Crippen LogP contribution in [-0.2, 0) is 6.54 Å². The Morgan fingerprint density at radius 3 is 2.16 bits per heavy atom. The third kappa shape index (κ3) is 2.58. The fourth-order valence-corrected chi connectivity index (χ4v) is 2.84. The molecule has 0 spiro atoms. The van der Waals surface area contributed by atoms with E-state index in [4.69, 9.17) is 5.73 Å². The monoisotopic (exact) mass is 277 g/mol. The normalized spacial score (nSPS) is 11.0. The number of rotatable bonds is 3. The summed E-state index contributed by atoms with van der Waals surface area (Å²) in [4.78, 5) is 9.02. The lowest BCUT2D eigenvalue weighted by atomic mass is 10.2. The lowest BCUT2D eigenvalue weighted by Gasteiger charge is -2.08. The number of hydrogen-bond donors (Lipinski definition) is 1. The van der Waals surface area contributed by atoms with E-state index in [0.29, 0.717) is 5.69 Å². The van der Waals surface area contributed by atoms with Crippen LogP contribution in [0.3, 0.4) is 0 Å². The van der Waals surface area contributed by atoms with Gasteiger partial charge in [0.2, 0.25) is 0 Å². The zero-order valence-electron chi connectivity index (χ0n) is 12.0. The molecule has 6 heteroatoms. The number of nitrogens with two attached hydrogens (primary N) is 1. The van der Waals surface area contributed by atoms with Crippen LogP contribution >= 0.6 is 11.8 Å². The molecule has 0 bridgehead atoms. The van der Waals surface area contributed by atoms with E-state index < -0.39 is 0 Å². The number of aromatic nitrogens is 4. The molecular formula is C13H19N5S. The first kappa shape index (κ1) is 13.9. The highest BCUT2D eigenvalue weighted by molar-refractivity contribution is 7.99. The van der Waals surface area contributed by atoms with Gasteiger partial charge in [0.05, 0.1) is 11.4 Å². The quantitative estimate of drug-likeness (QED) is 0.873. The molecule has 0 amide bonds. The van der Waals surface area contributed by atoms with Crippen LogP contribution in [0.15, 0.2) is 10.2 Å². The van der Waals surface area contributed by atoms with E-state index in [1.807, 2.05) is 39.3 Å². The molecular weight excluding hydrogens is 258 g/mol. The van der Waals surface area contributed by atoms with E-state index in [0.717, 1.165) is 39.4 Å². The Kier molecular flexibility index (Phi) is 3.80. The summed E-state index contributed by atoms with van der Waals surface area (Å²) in [6.45, 7) is 10.8. The number of anilines is 1. The Labute approximate surface area is 117 Å². The second-order valence-corrected chi connectivity index (χ2v) is 5.48. The minimum atomic E-state index is 0.714. The molecule has 0 aliphatic carbocycles. The van der Waals surface area contributed by atoms with E-state index in [1.54, 1.807) is 0 Å². The highest BCUT2D eigenvalue weighted by Gasteiger charge is 2.15. The summed E-state index contributed by atoms with van der Waals surface area (Å²) in [6.07, 6.45) is 0. The Hall–Kier alpha value is -1.56. The van der Waals surface area contributed by atoms with Gasteiger partial charge >= 0.3 is 0 Å². The van der Waals surface area contributed by atoms with Crippen LogP contribution in [0, 0.1) is 27.7 Å². The van der Waals surface area contributed by atoms with Crippen molar-refractivity contribution >= 4 is 17.4 Å². The summed E-state index contributed by atoms with van der Waals surface area (Å²) in [7, 11) is 0. The predicted molar refractivity (Wildman–Crippen MR) is 77.4 cm³/mol. The van der Waals surface area contributed by atoms with Crippen molar-refractivity contribution in [2.45, 2.75) is 51.3 Å². The predicted octanol–water partition coefficient (Wildman–Crippen LogP) is 2.66.